The fraction of sp³-hybridized carbons (Fsp3) is 0.750. The van der Waals surface area contributed by atoms with Gasteiger partial charge in [-0.2, -0.15) is 0 Å². The highest BCUT2D eigenvalue weighted by Gasteiger charge is 2.53. The normalized spacial score (nSPS) is 26.9. The van der Waals surface area contributed by atoms with E-state index in [1.807, 2.05) is 0 Å². The van der Waals surface area contributed by atoms with Crippen LogP contribution < -0.4 is 0 Å². The summed E-state index contributed by atoms with van der Waals surface area (Å²) in [6.07, 6.45) is -6.55. The summed E-state index contributed by atoms with van der Waals surface area (Å²) in [4.78, 5) is 46.0. The average molecular weight is 480 g/mol. The summed E-state index contributed by atoms with van der Waals surface area (Å²) < 4.78 is 29.7. The van der Waals surface area contributed by atoms with E-state index in [0.29, 0.717) is 0 Å². The Kier molecular flexibility index (Phi) is 9.90. The molecule has 1 fully saturated rings. The second-order valence-electron chi connectivity index (χ2n) is 5.99. The lowest BCUT2D eigenvalue weighted by molar-refractivity contribution is -0.307. The van der Waals surface area contributed by atoms with Gasteiger partial charge in [0.25, 0.3) is 0 Å². The van der Waals surface area contributed by atoms with Crippen LogP contribution in [0.25, 0.3) is 0 Å². The van der Waals surface area contributed by atoms with Crippen LogP contribution >= 0.6 is 34.8 Å². The van der Waals surface area contributed by atoms with Crippen LogP contribution in [0.2, 0.25) is 0 Å². The maximum absolute atomic E-state index is 11.6. The molecular weight excluding hydrogens is 459 g/mol. The second-order valence-corrected chi connectivity index (χ2v) is 8.51. The number of halogens is 3. The molecule has 0 aromatic carbocycles. The van der Waals surface area contributed by atoms with Crippen molar-refractivity contribution in [1.82, 2.24) is 0 Å². The smallest absolute Gasteiger partial charge is 0.303 e. The zero-order chi connectivity index (χ0) is 22.4. The number of esters is 4. The fourth-order valence-corrected chi connectivity index (χ4v) is 2.69. The molecule has 10 nitrogen and oxygen atoms in total. The van der Waals surface area contributed by atoms with E-state index in [9.17, 15) is 19.2 Å². The summed E-state index contributed by atoms with van der Waals surface area (Å²) in [7, 11) is 0. The molecule has 29 heavy (non-hydrogen) atoms. The van der Waals surface area contributed by atoms with Gasteiger partial charge in [0.05, 0.1) is 6.61 Å². The molecule has 1 aliphatic heterocycles. The minimum Gasteiger partial charge on any atom is -0.463 e. The van der Waals surface area contributed by atoms with Gasteiger partial charge in [-0.1, -0.05) is 34.8 Å². The summed E-state index contributed by atoms with van der Waals surface area (Å²) in [5, 5.41) is 0. The highest BCUT2D eigenvalue weighted by Crippen LogP contribution is 2.32. The molecule has 0 aliphatic carbocycles. The number of carbonyl (C=O) groups excluding carboxylic acids is 4. The van der Waals surface area contributed by atoms with Crippen molar-refractivity contribution >= 4 is 58.7 Å². The van der Waals surface area contributed by atoms with Gasteiger partial charge >= 0.3 is 23.9 Å². The molecule has 13 heteroatoms. The third-order valence-corrected chi connectivity index (χ3v) is 3.69. The van der Waals surface area contributed by atoms with Crippen molar-refractivity contribution in [3.8, 4) is 0 Å². The number of rotatable bonds is 7. The predicted molar refractivity (Wildman–Crippen MR) is 98.2 cm³/mol. The van der Waals surface area contributed by atoms with E-state index in [1.165, 1.54) is 0 Å². The Labute approximate surface area is 181 Å². The fourth-order valence-electron chi connectivity index (χ4n) is 2.50. The predicted octanol–water partition coefficient (Wildman–Crippen LogP) is 1.46. The van der Waals surface area contributed by atoms with Crippen molar-refractivity contribution in [2.24, 2.45) is 0 Å². The highest BCUT2D eigenvalue weighted by atomic mass is 35.6. The molecule has 0 radical (unpaired) electrons. The molecule has 0 amide bonds. The van der Waals surface area contributed by atoms with Gasteiger partial charge in [-0.25, -0.2) is 0 Å². The Morgan fingerprint density at radius 2 is 1.28 bits per heavy atom. The Balaban J connectivity index is 3.28. The quantitative estimate of drug-likeness (QED) is 0.301. The van der Waals surface area contributed by atoms with Gasteiger partial charge in [-0.15, -0.1) is 0 Å². The second kappa shape index (κ2) is 11.2. The van der Waals surface area contributed by atoms with E-state index in [2.05, 4.69) is 0 Å². The van der Waals surface area contributed by atoms with E-state index in [4.69, 9.17) is 63.2 Å². The van der Waals surface area contributed by atoms with Gasteiger partial charge in [-0.05, 0) is 0 Å². The molecule has 5 atom stereocenters. The lowest BCUT2D eigenvalue weighted by Crippen LogP contribution is -2.63. The van der Waals surface area contributed by atoms with Crippen molar-refractivity contribution in [2.75, 3.05) is 13.2 Å². The first kappa shape index (κ1) is 25.7. The average Bonchev–Trinajstić information content (AvgIpc) is 2.53. The summed E-state index contributed by atoms with van der Waals surface area (Å²) in [6, 6.07) is 0. The van der Waals surface area contributed by atoms with Crippen molar-refractivity contribution in [1.29, 1.82) is 0 Å². The Bertz CT molecular complexity index is 621. The van der Waals surface area contributed by atoms with Gasteiger partial charge in [-0.3, -0.25) is 19.2 Å². The van der Waals surface area contributed by atoms with Crippen LogP contribution in [0.3, 0.4) is 0 Å². The van der Waals surface area contributed by atoms with Crippen LogP contribution in [0, 0.1) is 0 Å². The first-order chi connectivity index (χ1) is 13.3. The van der Waals surface area contributed by atoms with Crippen molar-refractivity contribution in [2.45, 2.75) is 62.2 Å². The molecule has 0 spiro atoms. The van der Waals surface area contributed by atoms with Crippen molar-refractivity contribution < 1.29 is 47.6 Å². The lowest BCUT2D eigenvalue weighted by Gasteiger charge is -2.44. The van der Waals surface area contributed by atoms with Gasteiger partial charge in [0.15, 0.2) is 24.6 Å². The number of hydrogen-bond acceptors (Lipinski definition) is 10. The molecule has 0 unspecified atom stereocenters. The van der Waals surface area contributed by atoms with Gasteiger partial charge in [0.2, 0.25) is 3.79 Å². The standard InChI is InChI=1S/C16H21Cl3O10/c1-7(20)24-5-11-12(26-8(2)21)13(27-9(3)22)14(28-10(4)23)15(29-11)25-6-16(17,18)19/h11-15H,5-6H2,1-4H3/t11-,12-,13+,14-,15-/m1/s1. The summed E-state index contributed by atoms with van der Waals surface area (Å²) in [6.45, 7) is 3.61. The van der Waals surface area contributed by atoms with E-state index < -0.39 is 65.0 Å². The molecule has 1 heterocycles. The SMILES string of the molecule is CC(=O)OC[C@H]1O[C@@H](OCC(Cl)(Cl)Cl)[C@H](OC(C)=O)[C@@H](OC(C)=O)[C@@H]1OC(C)=O. The van der Waals surface area contributed by atoms with E-state index in [-0.39, 0.29) is 6.61 Å². The summed E-state index contributed by atoms with van der Waals surface area (Å²) in [5.41, 5.74) is 0. The van der Waals surface area contributed by atoms with E-state index >= 15 is 0 Å². The Morgan fingerprint density at radius 1 is 0.793 bits per heavy atom. The maximum Gasteiger partial charge on any atom is 0.303 e. The molecule has 1 aliphatic rings. The third-order valence-electron chi connectivity index (χ3n) is 3.36. The van der Waals surface area contributed by atoms with Crippen LogP contribution in [-0.4, -0.2) is 71.6 Å². The van der Waals surface area contributed by atoms with E-state index in [0.717, 1.165) is 27.7 Å². The van der Waals surface area contributed by atoms with Crippen molar-refractivity contribution in [3.05, 3.63) is 0 Å². The van der Waals surface area contributed by atoms with Crippen LogP contribution in [-0.2, 0) is 47.6 Å². The molecule has 0 N–H and O–H groups in total. The number of hydrogen-bond donors (Lipinski definition) is 0. The number of ether oxygens (including phenoxy) is 6. The molecule has 1 saturated heterocycles. The maximum atomic E-state index is 11.6. The number of carbonyl (C=O) groups is 4. The van der Waals surface area contributed by atoms with Gasteiger partial charge < -0.3 is 28.4 Å². The minimum atomic E-state index is -1.83. The van der Waals surface area contributed by atoms with E-state index in [1.54, 1.807) is 0 Å². The molecule has 0 saturated carbocycles. The summed E-state index contributed by atoms with van der Waals surface area (Å²) in [5.74, 6) is -2.92. The minimum absolute atomic E-state index is 0.383. The largest absolute Gasteiger partial charge is 0.463 e. The Morgan fingerprint density at radius 3 is 1.72 bits per heavy atom. The molecule has 0 aromatic heterocycles. The number of alkyl halides is 3. The van der Waals surface area contributed by atoms with Crippen LogP contribution in [0.5, 0.6) is 0 Å². The molecule has 166 valence electrons. The topological polar surface area (TPSA) is 124 Å². The van der Waals surface area contributed by atoms with Crippen LogP contribution in [0.15, 0.2) is 0 Å². The zero-order valence-corrected chi connectivity index (χ0v) is 18.3. The summed E-state index contributed by atoms with van der Waals surface area (Å²) >= 11 is 17.0. The highest BCUT2D eigenvalue weighted by molar-refractivity contribution is 6.67. The molecule has 0 bridgehead atoms. The van der Waals surface area contributed by atoms with Crippen LogP contribution in [0.4, 0.5) is 0 Å². The first-order valence-corrected chi connectivity index (χ1v) is 9.42. The van der Waals surface area contributed by atoms with Gasteiger partial charge in [0, 0.05) is 27.7 Å². The monoisotopic (exact) mass is 478 g/mol. The van der Waals surface area contributed by atoms with Crippen molar-refractivity contribution in [3.63, 3.8) is 0 Å². The lowest BCUT2D eigenvalue weighted by atomic mass is 9.98. The molecular formula is C16H21Cl3O10. The molecule has 1 rings (SSSR count). The zero-order valence-electron chi connectivity index (χ0n) is 16.0. The third kappa shape index (κ3) is 9.35. The van der Waals surface area contributed by atoms with Gasteiger partial charge in [0.1, 0.15) is 12.7 Å². The molecule has 0 aromatic rings. The first-order valence-electron chi connectivity index (χ1n) is 8.29. The van der Waals surface area contributed by atoms with Crippen LogP contribution in [0.1, 0.15) is 27.7 Å². The Hall–Kier alpha value is -1.33.